The van der Waals surface area contributed by atoms with Crippen LogP contribution in [0.15, 0.2) is 17.5 Å². The molecule has 1 atom stereocenters. The third-order valence-corrected chi connectivity index (χ3v) is 4.66. The number of hydrogen-bond donors (Lipinski definition) is 1. The SMILES string of the molecule is CCCCC(CC)Cn1c(-c2cccs2)n[nH]c1=S. The number of hydrogen-bond acceptors (Lipinski definition) is 3. The van der Waals surface area contributed by atoms with Crippen molar-refractivity contribution < 1.29 is 0 Å². The molecular weight excluding hydrogens is 274 g/mol. The third kappa shape index (κ3) is 3.54. The summed E-state index contributed by atoms with van der Waals surface area (Å²) in [6.07, 6.45) is 5.00. The Kier molecular flexibility index (Phi) is 5.34. The van der Waals surface area contributed by atoms with Gasteiger partial charge in [-0.15, -0.1) is 11.3 Å². The zero-order valence-corrected chi connectivity index (χ0v) is 13.2. The minimum atomic E-state index is 0.683. The molecule has 0 spiro atoms. The van der Waals surface area contributed by atoms with Crippen LogP contribution in [0.3, 0.4) is 0 Å². The highest BCUT2D eigenvalue weighted by Gasteiger charge is 2.14. The van der Waals surface area contributed by atoms with Crippen molar-refractivity contribution >= 4 is 23.6 Å². The van der Waals surface area contributed by atoms with Crippen LogP contribution in [0, 0.1) is 10.7 Å². The molecule has 0 aromatic carbocycles. The Morgan fingerprint density at radius 2 is 2.32 bits per heavy atom. The van der Waals surface area contributed by atoms with Crippen molar-refractivity contribution in [2.45, 2.75) is 46.1 Å². The largest absolute Gasteiger partial charge is 0.299 e. The Morgan fingerprint density at radius 3 is 2.95 bits per heavy atom. The Bertz CT molecular complexity index is 539. The molecule has 0 bridgehead atoms. The summed E-state index contributed by atoms with van der Waals surface area (Å²) in [5.41, 5.74) is 0. The quantitative estimate of drug-likeness (QED) is 0.738. The molecule has 1 N–H and O–H groups in total. The highest BCUT2D eigenvalue weighted by Crippen LogP contribution is 2.25. The van der Waals surface area contributed by atoms with Gasteiger partial charge in [0.2, 0.25) is 0 Å². The van der Waals surface area contributed by atoms with E-state index in [1.54, 1.807) is 11.3 Å². The van der Waals surface area contributed by atoms with Crippen molar-refractivity contribution in [3.05, 3.63) is 22.3 Å². The molecule has 0 aliphatic rings. The second-order valence-corrected chi connectivity index (χ2v) is 6.19. The molecule has 2 rings (SSSR count). The standard InChI is InChI=1S/C14H21N3S2/c1-3-5-7-11(4-2)10-17-13(15-16-14(17)18)12-8-6-9-19-12/h6,8-9,11H,3-5,7,10H2,1-2H3,(H,16,18). The monoisotopic (exact) mass is 295 g/mol. The van der Waals surface area contributed by atoms with Crippen molar-refractivity contribution in [1.29, 1.82) is 0 Å². The third-order valence-electron chi connectivity index (χ3n) is 3.48. The van der Waals surface area contributed by atoms with Crippen molar-refractivity contribution in [3.8, 4) is 10.7 Å². The lowest BCUT2D eigenvalue weighted by Crippen LogP contribution is -2.11. The number of aromatic nitrogens is 3. The highest BCUT2D eigenvalue weighted by molar-refractivity contribution is 7.71. The van der Waals surface area contributed by atoms with Gasteiger partial charge in [0.1, 0.15) is 0 Å². The molecule has 2 aromatic rings. The zero-order chi connectivity index (χ0) is 13.7. The van der Waals surface area contributed by atoms with Gasteiger partial charge in [-0.25, -0.2) is 0 Å². The van der Waals surface area contributed by atoms with Crippen LogP contribution in [0.5, 0.6) is 0 Å². The first kappa shape index (κ1) is 14.5. The van der Waals surface area contributed by atoms with Crippen LogP contribution < -0.4 is 0 Å². The number of H-pyrrole nitrogens is 1. The summed E-state index contributed by atoms with van der Waals surface area (Å²) >= 11 is 7.08. The van der Waals surface area contributed by atoms with Crippen molar-refractivity contribution in [1.82, 2.24) is 14.8 Å². The van der Waals surface area contributed by atoms with E-state index in [0.717, 1.165) is 17.1 Å². The van der Waals surface area contributed by atoms with Gasteiger partial charge in [-0.3, -0.25) is 9.67 Å². The summed E-state index contributed by atoms with van der Waals surface area (Å²) in [6, 6.07) is 4.15. The Balaban J connectivity index is 2.20. The molecule has 3 nitrogen and oxygen atoms in total. The lowest BCUT2D eigenvalue weighted by Gasteiger charge is -2.16. The Labute approximate surface area is 123 Å². The van der Waals surface area contributed by atoms with E-state index < -0.39 is 0 Å². The van der Waals surface area contributed by atoms with Crippen LogP contribution in [-0.4, -0.2) is 14.8 Å². The lowest BCUT2D eigenvalue weighted by molar-refractivity contribution is 0.390. The summed E-state index contributed by atoms with van der Waals surface area (Å²) in [7, 11) is 0. The summed E-state index contributed by atoms with van der Waals surface area (Å²) in [5, 5.41) is 9.39. The smallest absolute Gasteiger partial charge is 0.195 e. The van der Waals surface area contributed by atoms with Gasteiger partial charge in [-0.2, -0.15) is 5.10 Å². The Morgan fingerprint density at radius 1 is 1.47 bits per heavy atom. The van der Waals surface area contributed by atoms with Gasteiger partial charge in [-0.1, -0.05) is 39.2 Å². The first-order valence-corrected chi connectivity index (χ1v) is 8.24. The molecule has 0 aliphatic carbocycles. The van der Waals surface area contributed by atoms with E-state index in [9.17, 15) is 0 Å². The summed E-state index contributed by atoms with van der Waals surface area (Å²) in [6.45, 7) is 5.47. The predicted molar refractivity (Wildman–Crippen MR) is 84.0 cm³/mol. The molecule has 5 heteroatoms. The summed E-state index contributed by atoms with van der Waals surface area (Å²) < 4.78 is 2.89. The molecule has 2 aromatic heterocycles. The van der Waals surface area contributed by atoms with Crippen molar-refractivity contribution in [2.24, 2.45) is 5.92 Å². The van der Waals surface area contributed by atoms with Crippen LogP contribution in [0.1, 0.15) is 39.5 Å². The Hall–Kier alpha value is -0.940. The van der Waals surface area contributed by atoms with Gasteiger partial charge >= 0.3 is 0 Å². The molecule has 0 aliphatic heterocycles. The molecule has 19 heavy (non-hydrogen) atoms. The van der Waals surface area contributed by atoms with E-state index in [4.69, 9.17) is 12.2 Å². The first-order valence-electron chi connectivity index (χ1n) is 6.95. The van der Waals surface area contributed by atoms with Gasteiger partial charge in [0.05, 0.1) is 4.88 Å². The molecule has 104 valence electrons. The van der Waals surface area contributed by atoms with Crippen LogP contribution >= 0.6 is 23.6 Å². The second-order valence-electron chi connectivity index (χ2n) is 4.86. The summed E-state index contributed by atoms with van der Waals surface area (Å²) in [5.74, 6) is 1.66. The van der Waals surface area contributed by atoms with E-state index in [0.29, 0.717) is 5.92 Å². The molecule has 0 saturated carbocycles. The second kappa shape index (κ2) is 7.01. The van der Waals surface area contributed by atoms with Gasteiger partial charge in [0.25, 0.3) is 0 Å². The van der Waals surface area contributed by atoms with Gasteiger partial charge in [0, 0.05) is 6.54 Å². The van der Waals surface area contributed by atoms with E-state index in [-0.39, 0.29) is 0 Å². The van der Waals surface area contributed by atoms with Gasteiger partial charge in [0.15, 0.2) is 10.6 Å². The fourth-order valence-electron chi connectivity index (χ4n) is 2.26. The van der Waals surface area contributed by atoms with Gasteiger partial charge < -0.3 is 0 Å². The molecule has 0 saturated heterocycles. The lowest BCUT2D eigenvalue weighted by atomic mass is 9.99. The average molecular weight is 295 g/mol. The first-order chi connectivity index (χ1) is 9.26. The number of aromatic amines is 1. The maximum atomic E-state index is 5.38. The molecule has 0 radical (unpaired) electrons. The average Bonchev–Trinajstić information content (AvgIpc) is 3.05. The molecule has 0 fully saturated rings. The number of nitrogens with one attached hydrogen (secondary N) is 1. The van der Waals surface area contributed by atoms with E-state index in [1.165, 1.54) is 30.6 Å². The van der Waals surface area contributed by atoms with Crippen LogP contribution in [0.25, 0.3) is 10.7 Å². The summed E-state index contributed by atoms with van der Waals surface area (Å²) in [4.78, 5) is 1.18. The van der Waals surface area contributed by atoms with Crippen LogP contribution in [-0.2, 0) is 6.54 Å². The van der Waals surface area contributed by atoms with Crippen molar-refractivity contribution in [3.63, 3.8) is 0 Å². The maximum Gasteiger partial charge on any atom is 0.195 e. The maximum absolute atomic E-state index is 5.38. The molecular formula is C14H21N3S2. The number of rotatable bonds is 7. The molecule has 2 heterocycles. The zero-order valence-electron chi connectivity index (χ0n) is 11.6. The fraction of sp³-hybridized carbons (Fsp3) is 0.571. The van der Waals surface area contributed by atoms with Gasteiger partial charge in [-0.05, 0) is 36.0 Å². The normalized spacial score (nSPS) is 12.7. The molecule has 0 amide bonds. The number of thiophene rings is 1. The highest BCUT2D eigenvalue weighted by atomic mass is 32.1. The minimum absolute atomic E-state index is 0.683. The number of nitrogens with zero attached hydrogens (tertiary/aromatic N) is 2. The van der Waals surface area contributed by atoms with E-state index >= 15 is 0 Å². The van der Waals surface area contributed by atoms with Crippen molar-refractivity contribution in [2.75, 3.05) is 0 Å². The van der Waals surface area contributed by atoms with Crippen LogP contribution in [0.2, 0.25) is 0 Å². The minimum Gasteiger partial charge on any atom is -0.299 e. The fourth-order valence-corrected chi connectivity index (χ4v) is 3.19. The molecule has 1 unspecified atom stereocenters. The van der Waals surface area contributed by atoms with Crippen LogP contribution in [0.4, 0.5) is 0 Å². The topological polar surface area (TPSA) is 33.6 Å². The van der Waals surface area contributed by atoms with E-state index in [2.05, 4.69) is 46.1 Å². The number of unbranched alkanes of at least 4 members (excludes halogenated alkanes) is 1. The van der Waals surface area contributed by atoms with E-state index in [1.807, 2.05) is 0 Å². The predicted octanol–water partition coefficient (Wildman–Crippen LogP) is 4.89.